The highest BCUT2D eigenvalue weighted by molar-refractivity contribution is 14.0. The Kier molecular flexibility index (Phi) is 12.2. The summed E-state index contributed by atoms with van der Waals surface area (Å²) in [6.07, 6.45) is 2.13. The Hall–Kier alpha value is -0.870. The Balaban J connectivity index is 0.00000450. The van der Waals surface area contributed by atoms with Crippen LogP contribution in [0.5, 0.6) is 0 Å². The molecule has 1 N–H and O–H groups in total. The summed E-state index contributed by atoms with van der Waals surface area (Å²) >= 11 is 0. The van der Waals surface area contributed by atoms with E-state index in [9.17, 15) is 0 Å². The standard InChI is InChI=1S/C22H43N7.HI/c1-8-23-22(26(6)16-20-17-27(7)25-21(20)18(3)4)24-14-19(5)15-29-12-10-28(9-2)11-13-29;/h17-19H,8-16H2,1-7H3,(H,23,24);1H. The Morgan fingerprint density at radius 2 is 1.80 bits per heavy atom. The Morgan fingerprint density at radius 1 is 1.17 bits per heavy atom. The summed E-state index contributed by atoms with van der Waals surface area (Å²) in [5.41, 5.74) is 2.45. The molecule has 1 aliphatic rings. The number of aliphatic imine (C=N–C) groups is 1. The van der Waals surface area contributed by atoms with Gasteiger partial charge in [0.05, 0.1) is 5.69 Å². The molecule has 1 saturated heterocycles. The number of likely N-dealkylation sites (N-methyl/N-ethyl adjacent to an activating group) is 1. The summed E-state index contributed by atoms with van der Waals surface area (Å²) in [6.45, 7) is 20.7. The lowest BCUT2D eigenvalue weighted by molar-refractivity contribution is 0.125. The number of rotatable bonds is 9. The van der Waals surface area contributed by atoms with E-state index in [1.54, 1.807) is 0 Å². The molecule has 0 amide bonds. The number of hydrogen-bond donors (Lipinski definition) is 1. The highest BCUT2D eigenvalue weighted by Gasteiger charge is 2.18. The Labute approximate surface area is 201 Å². The van der Waals surface area contributed by atoms with E-state index in [0.29, 0.717) is 11.8 Å². The van der Waals surface area contributed by atoms with Gasteiger partial charge in [-0.1, -0.05) is 27.7 Å². The number of piperazine rings is 1. The summed E-state index contributed by atoms with van der Waals surface area (Å²) in [6, 6.07) is 0. The topological polar surface area (TPSA) is 51.9 Å². The van der Waals surface area contributed by atoms with Gasteiger partial charge in [0.25, 0.3) is 0 Å². The van der Waals surface area contributed by atoms with E-state index in [-0.39, 0.29) is 24.0 Å². The minimum Gasteiger partial charge on any atom is -0.357 e. The lowest BCUT2D eigenvalue weighted by Crippen LogP contribution is -2.47. The summed E-state index contributed by atoms with van der Waals surface area (Å²) in [7, 11) is 4.11. The quantitative estimate of drug-likeness (QED) is 0.301. The first-order chi connectivity index (χ1) is 13.8. The maximum Gasteiger partial charge on any atom is 0.193 e. The van der Waals surface area contributed by atoms with Crippen molar-refractivity contribution in [2.45, 2.75) is 47.1 Å². The van der Waals surface area contributed by atoms with E-state index in [0.717, 1.165) is 32.1 Å². The Bertz CT molecular complexity index is 635. The van der Waals surface area contributed by atoms with E-state index >= 15 is 0 Å². The molecule has 174 valence electrons. The maximum atomic E-state index is 4.95. The van der Waals surface area contributed by atoms with Crippen molar-refractivity contribution in [3.63, 3.8) is 0 Å². The van der Waals surface area contributed by atoms with Crippen molar-refractivity contribution in [3.05, 3.63) is 17.5 Å². The van der Waals surface area contributed by atoms with Crippen LogP contribution in [0.15, 0.2) is 11.2 Å². The zero-order valence-corrected chi connectivity index (χ0v) is 22.5. The fourth-order valence-corrected chi connectivity index (χ4v) is 3.99. The predicted octanol–water partition coefficient (Wildman–Crippen LogP) is 2.83. The van der Waals surface area contributed by atoms with Gasteiger partial charge in [-0.3, -0.25) is 9.67 Å². The van der Waals surface area contributed by atoms with Gasteiger partial charge < -0.3 is 20.0 Å². The number of halogens is 1. The van der Waals surface area contributed by atoms with Gasteiger partial charge in [0, 0.05) is 78.2 Å². The molecule has 1 fully saturated rings. The van der Waals surface area contributed by atoms with Crippen molar-refractivity contribution in [3.8, 4) is 0 Å². The second-order valence-electron chi connectivity index (χ2n) is 8.76. The average Bonchev–Trinajstić information content (AvgIpc) is 3.06. The normalized spacial score (nSPS) is 17.1. The molecule has 0 saturated carbocycles. The van der Waals surface area contributed by atoms with Gasteiger partial charge >= 0.3 is 0 Å². The first kappa shape index (κ1) is 27.2. The van der Waals surface area contributed by atoms with Gasteiger partial charge in [-0.2, -0.15) is 5.10 Å². The number of aryl methyl sites for hydroxylation is 1. The van der Waals surface area contributed by atoms with Crippen LogP contribution in [0.4, 0.5) is 0 Å². The molecule has 30 heavy (non-hydrogen) atoms. The van der Waals surface area contributed by atoms with Crippen LogP contribution in [0, 0.1) is 5.92 Å². The molecule has 0 bridgehead atoms. The number of hydrogen-bond acceptors (Lipinski definition) is 4. The third kappa shape index (κ3) is 8.34. The molecule has 1 aromatic rings. The first-order valence-electron chi connectivity index (χ1n) is 11.3. The maximum absolute atomic E-state index is 4.95. The molecule has 1 unspecified atom stereocenters. The van der Waals surface area contributed by atoms with Gasteiger partial charge in [0.1, 0.15) is 0 Å². The number of nitrogens with zero attached hydrogens (tertiary/aromatic N) is 6. The second kappa shape index (κ2) is 13.5. The van der Waals surface area contributed by atoms with E-state index in [1.165, 1.54) is 44.0 Å². The number of guanidine groups is 1. The van der Waals surface area contributed by atoms with Gasteiger partial charge in [0.15, 0.2) is 5.96 Å². The van der Waals surface area contributed by atoms with Crippen LogP contribution in [0.1, 0.15) is 51.8 Å². The fourth-order valence-electron chi connectivity index (χ4n) is 3.99. The van der Waals surface area contributed by atoms with E-state index in [1.807, 2.05) is 11.7 Å². The smallest absolute Gasteiger partial charge is 0.193 e. The van der Waals surface area contributed by atoms with Gasteiger partial charge in [0.2, 0.25) is 0 Å². The third-order valence-corrected chi connectivity index (χ3v) is 5.62. The molecule has 0 aromatic carbocycles. The molecule has 1 aliphatic heterocycles. The average molecular weight is 534 g/mol. The monoisotopic (exact) mass is 533 g/mol. The molecule has 0 radical (unpaired) electrons. The number of aromatic nitrogens is 2. The van der Waals surface area contributed by atoms with E-state index in [2.05, 4.69) is 73.0 Å². The lowest BCUT2D eigenvalue weighted by Gasteiger charge is -2.35. The second-order valence-corrected chi connectivity index (χ2v) is 8.76. The van der Waals surface area contributed by atoms with Crippen molar-refractivity contribution in [2.24, 2.45) is 18.0 Å². The molecule has 1 aromatic heterocycles. The molecular formula is C22H44IN7. The van der Waals surface area contributed by atoms with E-state index in [4.69, 9.17) is 4.99 Å². The predicted molar refractivity (Wildman–Crippen MR) is 138 cm³/mol. The zero-order valence-electron chi connectivity index (χ0n) is 20.2. The SMILES string of the molecule is CCNC(=NCC(C)CN1CCN(CC)CC1)N(C)Cc1cn(C)nc1C(C)C.I. The first-order valence-corrected chi connectivity index (χ1v) is 11.3. The minimum atomic E-state index is 0. The van der Waals surface area contributed by atoms with Crippen molar-refractivity contribution >= 4 is 29.9 Å². The van der Waals surface area contributed by atoms with Gasteiger partial charge in [-0.15, -0.1) is 24.0 Å². The fraction of sp³-hybridized carbons (Fsp3) is 0.818. The molecular weight excluding hydrogens is 489 g/mol. The molecule has 8 heteroatoms. The summed E-state index contributed by atoms with van der Waals surface area (Å²) < 4.78 is 1.92. The Morgan fingerprint density at radius 3 is 2.37 bits per heavy atom. The summed E-state index contributed by atoms with van der Waals surface area (Å²) in [5.74, 6) is 1.95. The van der Waals surface area contributed by atoms with Crippen LogP contribution in [-0.4, -0.2) is 89.8 Å². The van der Waals surface area contributed by atoms with Crippen LogP contribution >= 0.6 is 24.0 Å². The van der Waals surface area contributed by atoms with Crippen LogP contribution in [0.2, 0.25) is 0 Å². The van der Waals surface area contributed by atoms with Crippen LogP contribution < -0.4 is 5.32 Å². The largest absolute Gasteiger partial charge is 0.357 e. The molecule has 7 nitrogen and oxygen atoms in total. The molecule has 1 atom stereocenters. The van der Waals surface area contributed by atoms with Crippen LogP contribution in [0.25, 0.3) is 0 Å². The van der Waals surface area contributed by atoms with Crippen molar-refractivity contribution in [1.29, 1.82) is 0 Å². The van der Waals surface area contributed by atoms with Crippen LogP contribution in [0.3, 0.4) is 0 Å². The van der Waals surface area contributed by atoms with Crippen LogP contribution in [-0.2, 0) is 13.6 Å². The van der Waals surface area contributed by atoms with E-state index < -0.39 is 0 Å². The molecule has 0 aliphatic carbocycles. The molecule has 2 rings (SSSR count). The van der Waals surface area contributed by atoms with Gasteiger partial charge in [-0.05, 0) is 25.3 Å². The highest BCUT2D eigenvalue weighted by Crippen LogP contribution is 2.18. The third-order valence-electron chi connectivity index (χ3n) is 5.62. The van der Waals surface area contributed by atoms with Crippen molar-refractivity contribution in [1.82, 2.24) is 29.8 Å². The summed E-state index contributed by atoms with van der Waals surface area (Å²) in [4.78, 5) is 12.3. The minimum absolute atomic E-state index is 0. The lowest BCUT2D eigenvalue weighted by atomic mass is 10.1. The molecule has 2 heterocycles. The summed E-state index contributed by atoms with van der Waals surface area (Å²) in [5, 5.41) is 8.10. The van der Waals surface area contributed by atoms with Crippen molar-refractivity contribution in [2.75, 3.05) is 59.4 Å². The zero-order chi connectivity index (χ0) is 21.4. The van der Waals surface area contributed by atoms with Crippen molar-refractivity contribution < 1.29 is 0 Å². The highest BCUT2D eigenvalue weighted by atomic mass is 127. The van der Waals surface area contributed by atoms with Gasteiger partial charge in [-0.25, -0.2) is 0 Å². The molecule has 0 spiro atoms. The number of nitrogens with one attached hydrogen (secondary N) is 1.